The topological polar surface area (TPSA) is 91.2 Å². The molecular weight excluding hydrogens is 469 g/mol. The molecule has 0 amide bonds. The van der Waals surface area contributed by atoms with Crippen molar-refractivity contribution in [2.24, 2.45) is 5.92 Å². The number of rotatable bonds is 9. The minimum atomic E-state index is -4.71. The molecule has 1 fully saturated rings. The Balaban J connectivity index is 2.00. The van der Waals surface area contributed by atoms with Gasteiger partial charge in [-0.2, -0.15) is 22.5 Å². The van der Waals surface area contributed by atoms with Gasteiger partial charge in [0.15, 0.2) is 5.82 Å². The fourth-order valence-electron chi connectivity index (χ4n) is 3.60. The maximum absolute atomic E-state index is 13.6. The summed E-state index contributed by atoms with van der Waals surface area (Å²) >= 11 is 0.506. The molecule has 0 aromatic carbocycles. The zero-order valence-electron chi connectivity index (χ0n) is 18.2. The van der Waals surface area contributed by atoms with Crippen LogP contribution in [-0.2, 0) is 11.0 Å². The van der Waals surface area contributed by atoms with Gasteiger partial charge in [0.05, 0.1) is 12.1 Å². The van der Waals surface area contributed by atoms with Gasteiger partial charge < -0.3 is 15.3 Å². The van der Waals surface area contributed by atoms with E-state index in [2.05, 4.69) is 19.7 Å². The van der Waals surface area contributed by atoms with E-state index in [0.717, 1.165) is 0 Å². The number of anilines is 3. The lowest BCUT2D eigenvalue weighted by Gasteiger charge is -2.44. The van der Waals surface area contributed by atoms with Crippen molar-refractivity contribution in [3.8, 4) is 0 Å². The van der Waals surface area contributed by atoms with Crippen molar-refractivity contribution in [1.29, 1.82) is 0 Å². The molecule has 0 saturated heterocycles. The number of alkyl halides is 5. The average molecular weight is 494 g/mol. The van der Waals surface area contributed by atoms with Gasteiger partial charge in [-0.3, -0.25) is 4.79 Å². The summed E-state index contributed by atoms with van der Waals surface area (Å²) in [6.45, 7) is 5.91. The largest absolute Gasteiger partial charge is 0.481 e. The Labute approximate surface area is 191 Å². The monoisotopic (exact) mass is 493 g/mol. The molecule has 13 heteroatoms. The van der Waals surface area contributed by atoms with Crippen LogP contribution in [0.2, 0.25) is 0 Å². The number of carboxylic acids is 1. The maximum Gasteiger partial charge on any atom is 0.452 e. The van der Waals surface area contributed by atoms with Crippen molar-refractivity contribution in [3.05, 3.63) is 23.7 Å². The average Bonchev–Trinajstić information content (AvgIpc) is 3.12. The first-order valence-electron chi connectivity index (χ1n) is 10.3. The highest BCUT2D eigenvalue weighted by Gasteiger charge is 2.48. The second-order valence-corrected chi connectivity index (χ2v) is 9.40. The van der Waals surface area contributed by atoms with Crippen LogP contribution < -0.4 is 10.2 Å². The summed E-state index contributed by atoms with van der Waals surface area (Å²) in [6, 6.07) is 1.09. The number of hydrogen-bond donors (Lipinski definition) is 2. The van der Waals surface area contributed by atoms with Crippen LogP contribution in [0, 0.1) is 5.92 Å². The molecule has 2 aromatic heterocycles. The summed E-state index contributed by atoms with van der Waals surface area (Å²) in [4.78, 5) is 20.7. The fraction of sp³-hybridized carbons (Fsp3) is 0.600. The van der Waals surface area contributed by atoms with Crippen LogP contribution in [0.1, 0.15) is 57.3 Å². The number of halogens is 5. The van der Waals surface area contributed by atoms with E-state index >= 15 is 0 Å². The van der Waals surface area contributed by atoms with Crippen molar-refractivity contribution in [2.75, 3.05) is 16.8 Å². The number of carbonyl (C=O) groups is 1. The summed E-state index contributed by atoms with van der Waals surface area (Å²) in [5, 5.41) is 11.7. The van der Waals surface area contributed by atoms with Crippen molar-refractivity contribution in [3.63, 3.8) is 0 Å². The number of carboxylic acid groups (broad SMARTS) is 1. The Kier molecular flexibility index (Phi) is 7.10. The van der Waals surface area contributed by atoms with Crippen molar-refractivity contribution >= 4 is 34.1 Å². The highest BCUT2D eigenvalue weighted by Crippen LogP contribution is 2.44. The predicted molar refractivity (Wildman–Crippen MR) is 113 cm³/mol. The summed E-state index contributed by atoms with van der Waals surface area (Å²) in [5.74, 6) is -5.13. The Morgan fingerprint density at radius 2 is 2.00 bits per heavy atom. The van der Waals surface area contributed by atoms with Gasteiger partial charge in [-0.25, -0.2) is 13.8 Å². The first-order valence-corrected chi connectivity index (χ1v) is 11.1. The second-order valence-electron chi connectivity index (χ2n) is 8.65. The van der Waals surface area contributed by atoms with Gasteiger partial charge in [0.1, 0.15) is 0 Å². The molecule has 0 aliphatic heterocycles. The highest BCUT2D eigenvalue weighted by molar-refractivity contribution is 7.09. The lowest BCUT2D eigenvalue weighted by atomic mass is 9.86. The first-order chi connectivity index (χ1) is 15.2. The molecule has 3 rings (SSSR count). The van der Waals surface area contributed by atoms with Crippen LogP contribution in [-0.4, -0.2) is 43.9 Å². The Morgan fingerprint density at radius 3 is 2.52 bits per heavy atom. The minimum Gasteiger partial charge on any atom is -0.481 e. The number of nitrogens with zero attached hydrogens (tertiary/aromatic N) is 4. The molecule has 0 radical (unpaired) electrons. The molecule has 1 aliphatic rings. The van der Waals surface area contributed by atoms with Gasteiger partial charge in [0.2, 0.25) is 11.0 Å². The number of hydrogen-bond acceptors (Lipinski definition) is 7. The molecule has 182 valence electrons. The van der Waals surface area contributed by atoms with E-state index in [4.69, 9.17) is 5.11 Å². The molecular formula is C20H24F5N5O2S. The van der Waals surface area contributed by atoms with Crippen molar-refractivity contribution in [2.45, 2.75) is 64.1 Å². The zero-order valence-corrected chi connectivity index (χ0v) is 19.0. The molecule has 2 heterocycles. The summed E-state index contributed by atoms with van der Waals surface area (Å²) in [7, 11) is 0. The van der Waals surface area contributed by atoms with Crippen LogP contribution >= 0.6 is 11.5 Å². The Hall–Kier alpha value is -2.57. The molecule has 1 aliphatic carbocycles. The van der Waals surface area contributed by atoms with Gasteiger partial charge in [-0.05, 0) is 23.5 Å². The van der Waals surface area contributed by atoms with E-state index in [0.29, 0.717) is 29.5 Å². The van der Waals surface area contributed by atoms with Crippen molar-refractivity contribution in [1.82, 2.24) is 14.3 Å². The molecule has 1 atom stereocenters. The smallest absolute Gasteiger partial charge is 0.452 e. The predicted octanol–water partition coefficient (Wildman–Crippen LogP) is 5.53. The van der Waals surface area contributed by atoms with Gasteiger partial charge in [-0.15, -0.1) is 0 Å². The third-order valence-electron chi connectivity index (χ3n) is 5.20. The van der Waals surface area contributed by atoms with E-state index in [9.17, 15) is 26.7 Å². The Morgan fingerprint density at radius 1 is 1.33 bits per heavy atom. The molecule has 33 heavy (non-hydrogen) atoms. The van der Waals surface area contributed by atoms with E-state index in [-0.39, 0.29) is 36.0 Å². The van der Waals surface area contributed by atoms with E-state index in [1.54, 1.807) is 17.9 Å². The van der Waals surface area contributed by atoms with Crippen molar-refractivity contribution < 1.29 is 31.9 Å². The molecule has 7 nitrogen and oxygen atoms in total. The van der Waals surface area contributed by atoms with Crippen LogP contribution in [0.4, 0.5) is 38.6 Å². The molecule has 0 spiro atoms. The van der Waals surface area contributed by atoms with Gasteiger partial charge in [0.25, 0.3) is 5.92 Å². The number of pyridine rings is 1. The van der Waals surface area contributed by atoms with Crippen LogP contribution in [0.3, 0.4) is 0 Å². The third kappa shape index (κ3) is 6.27. The number of nitrogens with one attached hydrogen (secondary N) is 1. The normalized spacial score (nSPS) is 17.0. The van der Waals surface area contributed by atoms with Crippen LogP contribution in [0.15, 0.2) is 12.3 Å². The summed E-state index contributed by atoms with van der Waals surface area (Å²) in [5.41, 5.74) is 0.790. The standard InChI is InChI=1S/C20H24F5N5O2S/c1-10(2)9-30(13-6-19(21,22)7-13)16-14(5-12(8-26-16)11(3)4-15(31)32)27-18-28-17(29-33-18)20(23,24)25/h5,8,10-11,13H,4,6-7,9H2,1-3H3,(H,31,32)(H,27,28,29). The lowest BCUT2D eigenvalue weighted by Crippen LogP contribution is -2.52. The zero-order chi connectivity index (χ0) is 24.6. The van der Waals surface area contributed by atoms with E-state index in [1.807, 2.05) is 13.8 Å². The molecule has 1 saturated carbocycles. The van der Waals surface area contributed by atoms with Crippen LogP contribution in [0.25, 0.3) is 0 Å². The van der Waals surface area contributed by atoms with E-state index < -0.39 is 35.9 Å². The molecule has 2 aromatic rings. The molecule has 1 unspecified atom stereocenters. The summed E-state index contributed by atoms with van der Waals surface area (Å²) < 4.78 is 69.3. The molecule has 2 N–H and O–H groups in total. The lowest BCUT2D eigenvalue weighted by molar-refractivity contribution is -0.144. The first kappa shape index (κ1) is 25.1. The number of aliphatic carboxylic acids is 1. The maximum atomic E-state index is 13.6. The van der Waals surface area contributed by atoms with Gasteiger partial charge in [-0.1, -0.05) is 20.8 Å². The molecule has 0 bridgehead atoms. The third-order valence-corrected chi connectivity index (χ3v) is 5.83. The Bertz CT molecular complexity index is 989. The van der Waals surface area contributed by atoms with Gasteiger partial charge >= 0.3 is 12.1 Å². The SMILES string of the molecule is CC(C)CN(c1ncc(C(C)CC(=O)O)cc1Nc1nc(C(F)(F)F)ns1)C1CC(F)(F)C1. The highest BCUT2D eigenvalue weighted by atomic mass is 32.1. The minimum absolute atomic E-state index is 0.0952. The quantitative estimate of drug-likeness (QED) is 0.444. The number of aromatic nitrogens is 3. The fourth-order valence-corrected chi connectivity index (χ4v) is 4.20. The van der Waals surface area contributed by atoms with E-state index in [1.165, 1.54) is 6.20 Å². The van der Waals surface area contributed by atoms with Gasteiger partial charge in [0, 0.05) is 43.2 Å². The second kappa shape index (κ2) is 9.35. The summed E-state index contributed by atoms with van der Waals surface area (Å²) in [6.07, 6.45) is -4.12. The van der Waals surface area contributed by atoms with Crippen LogP contribution in [0.5, 0.6) is 0 Å².